The highest BCUT2D eigenvalue weighted by Gasteiger charge is 2.22. The molecule has 1 aromatic carbocycles. The lowest BCUT2D eigenvalue weighted by molar-refractivity contribution is -0.384. The van der Waals surface area contributed by atoms with Gasteiger partial charge in [0.2, 0.25) is 5.82 Å². The molecule has 1 N–H and O–H groups in total. The third-order valence-electron chi connectivity index (χ3n) is 4.16. The fourth-order valence-electron chi connectivity index (χ4n) is 2.69. The van der Waals surface area contributed by atoms with Crippen molar-refractivity contribution in [2.75, 3.05) is 0 Å². The number of benzene rings is 1. The first-order valence-corrected chi connectivity index (χ1v) is 7.29. The van der Waals surface area contributed by atoms with Crippen molar-refractivity contribution in [1.82, 2.24) is 30.4 Å². The zero-order chi connectivity index (χ0) is 15.8. The predicted octanol–water partition coefficient (Wildman–Crippen LogP) is 2.36. The topological polar surface area (TPSA) is 115 Å². The molecule has 4 rings (SSSR count). The summed E-state index contributed by atoms with van der Waals surface area (Å²) in [5, 5.41) is 29.3. The lowest BCUT2D eigenvalue weighted by Crippen LogP contribution is -2.16. The molecular weight excluding hydrogens is 298 g/mol. The molecule has 1 aliphatic carbocycles. The number of nitro groups is 1. The minimum absolute atomic E-state index is 0.0139. The van der Waals surface area contributed by atoms with Gasteiger partial charge in [0.1, 0.15) is 0 Å². The largest absolute Gasteiger partial charge is 0.270 e. The number of hydrogen-bond acceptors (Lipinski definition) is 6. The average Bonchev–Trinajstić information content (AvgIpc) is 3.16. The van der Waals surface area contributed by atoms with Crippen LogP contribution in [0, 0.1) is 10.1 Å². The molecular formula is C14H13N7O2. The Hall–Kier alpha value is -3.10. The van der Waals surface area contributed by atoms with Gasteiger partial charge >= 0.3 is 0 Å². The Kier molecular flexibility index (Phi) is 3.11. The molecule has 0 saturated heterocycles. The molecule has 0 bridgehead atoms. The lowest BCUT2D eigenvalue weighted by Gasteiger charge is -2.25. The first-order chi connectivity index (χ1) is 11.2. The van der Waals surface area contributed by atoms with Gasteiger partial charge in [-0.15, -0.1) is 10.2 Å². The number of non-ortho nitro benzene ring substituents is 1. The fraction of sp³-hybridized carbons (Fsp3) is 0.286. The van der Waals surface area contributed by atoms with Gasteiger partial charge in [-0.1, -0.05) is 0 Å². The smallest absolute Gasteiger partial charge is 0.269 e. The summed E-state index contributed by atoms with van der Waals surface area (Å²) in [6, 6.07) is 5.09. The monoisotopic (exact) mass is 311 g/mol. The summed E-state index contributed by atoms with van der Waals surface area (Å²) in [5.41, 5.74) is 2.22. The van der Waals surface area contributed by atoms with Crippen molar-refractivity contribution in [3.63, 3.8) is 0 Å². The number of nitrogens with one attached hydrogen (secondary N) is 1. The molecule has 1 fully saturated rings. The Morgan fingerprint density at radius 2 is 2.17 bits per heavy atom. The Balaban J connectivity index is 1.80. The van der Waals surface area contributed by atoms with E-state index in [0.717, 1.165) is 24.0 Å². The van der Waals surface area contributed by atoms with Crippen LogP contribution >= 0.6 is 0 Å². The highest BCUT2D eigenvalue weighted by atomic mass is 16.6. The normalized spacial score (nSPS) is 14.6. The van der Waals surface area contributed by atoms with Crippen LogP contribution in [0.15, 0.2) is 30.6 Å². The minimum Gasteiger partial charge on any atom is -0.269 e. The maximum Gasteiger partial charge on any atom is 0.270 e. The van der Waals surface area contributed by atoms with Gasteiger partial charge in [0.25, 0.3) is 5.69 Å². The van der Waals surface area contributed by atoms with Crippen molar-refractivity contribution in [1.29, 1.82) is 0 Å². The summed E-state index contributed by atoms with van der Waals surface area (Å²) in [7, 11) is 0. The third-order valence-corrected chi connectivity index (χ3v) is 4.16. The molecule has 3 aromatic rings. The van der Waals surface area contributed by atoms with Crippen molar-refractivity contribution in [2.45, 2.75) is 25.3 Å². The Morgan fingerprint density at radius 3 is 2.83 bits per heavy atom. The standard InChI is InChI=1S/C14H13N7O2/c22-21(23)11-4-5-12(13(6-11)14-16-18-19-17-14)9-7-15-20(8-9)10-2-1-3-10/h4-8,10H,1-3H2,(H,16,17,18,19). The molecule has 1 saturated carbocycles. The summed E-state index contributed by atoms with van der Waals surface area (Å²) in [5.74, 6) is 0.320. The number of rotatable bonds is 4. The molecule has 116 valence electrons. The van der Waals surface area contributed by atoms with Gasteiger partial charge in [-0.05, 0) is 36.1 Å². The SMILES string of the molecule is O=[N+]([O-])c1ccc(-c2cnn(C3CCC3)c2)c(-c2nn[nH]n2)c1. The predicted molar refractivity (Wildman–Crippen MR) is 80.4 cm³/mol. The van der Waals surface area contributed by atoms with Crippen LogP contribution in [0.2, 0.25) is 0 Å². The molecule has 0 radical (unpaired) electrons. The van der Waals surface area contributed by atoms with Gasteiger partial charge in [0.15, 0.2) is 0 Å². The summed E-state index contributed by atoms with van der Waals surface area (Å²) in [6.07, 6.45) is 7.24. The molecule has 0 atom stereocenters. The Labute approximate surface area is 130 Å². The van der Waals surface area contributed by atoms with E-state index in [9.17, 15) is 10.1 Å². The number of hydrogen-bond donors (Lipinski definition) is 1. The van der Waals surface area contributed by atoms with Crippen LogP contribution in [0.1, 0.15) is 25.3 Å². The first-order valence-electron chi connectivity index (χ1n) is 7.29. The van der Waals surface area contributed by atoms with Gasteiger partial charge in [-0.3, -0.25) is 14.8 Å². The average molecular weight is 311 g/mol. The summed E-state index contributed by atoms with van der Waals surface area (Å²) in [4.78, 5) is 10.6. The van der Waals surface area contributed by atoms with Crippen LogP contribution < -0.4 is 0 Å². The second-order valence-corrected chi connectivity index (χ2v) is 5.52. The van der Waals surface area contributed by atoms with Gasteiger partial charge in [0, 0.05) is 29.5 Å². The van der Waals surface area contributed by atoms with E-state index < -0.39 is 4.92 Å². The van der Waals surface area contributed by atoms with Crippen LogP contribution in [0.4, 0.5) is 5.69 Å². The molecule has 9 heteroatoms. The van der Waals surface area contributed by atoms with Crippen molar-refractivity contribution in [2.24, 2.45) is 0 Å². The number of nitro benzene ring substituents is 1. The maximum absolute atomic E-state index is 11.0. The number of aromatic nitrogens is 6. The van der Waals surface area contributed by atoms with Gasteiger partial charge in [0.05, 0.1) is 17.2 Å². The van der Waals surface area contributed by atoms with Crippen LogP contribution in [0.5, 0.6) is 0 Å². The maximum atomic E-state index is 11.0. The van der Waals surface area contributed by atoms with Gasteiger partial charge in [-0.25, -0.2) is 0 Å². The molecule has 1 aliphatic rings. The van der Waals surface area contributed by atoms with Crippen LogP contribution in [0.3, 0.4) is 0 Å². The highest BCUT2D eigenvalue weighted by Crippen LogP contribution is 2.35. The van der Waals surface area contributed by atoms with Crippen molar-refractivity contribution in [3.8, 4) is 22.5 Å². The summed E-state index contributed by atoms with van der Waals surface area (Å²) in [6.45, 7) is 0. The second-order valence-electron chi connectivity index (χ2n) is 5.52. The molecule has 0 aliphatic heterocycles. The molecule has 23 heavy (non-hydrogen) atoms. The zero-order valence-electron chi connectivity index (χ0n) is 12.1. The number of H-pyrrole nitrogens is 1. The van der Waals surface area contributed by atoms with Crippen molar-refractivity contribution in [3.05, 3.63) is 40.7 Å². The molecule has 0 spiro atoms. The number of tetrazole rings is 1. The van der Waals surface area contributed by atoms with Crippen molar-refractivity contribution >= 4 is 5.69 Å². The number of aromatic amines is 1. The summed E-state index contributed by atoms with van der Waals surface area (Å²) >= 11 is 0. The molecule has 0 amide bonds. The Morgan fingerprint density at radius 1 is 1.30 bits per heavy atom. The molecule has 2 aromatic heterocycles. The molecule has 2 heterocycles. The molecule has 9 nitrogen and oxygen atoms in total. The fourth-order valence-corrected chi connectivity index (χ4v) is 2.69. The van der Waals surface area contributed by atoms with Crippen LogP contribution in [0.25, 0.3) is 22.5 Å². The summed E-state index contributed by atoms with van der Waals surface area (Å²) < 4.78 is 1.96. The zero-order valence-corrected chi connectivity index (χ0v) is 12.1. The second kappa shape index (κ2) is 5.27. The van der Waals surface area contributed by atoms with E-state index in [1.54, 1.807) is 12.3 Å². The van der Waals surface area contributed by atoms with Crippen LogP contribution in [-0.2, 0) is 0 Å². The highest BCUT2D eigenvalue weighted by molar-refractivity contribution is 5.81. The van der Waals surface area contributed by atoms with Crippen LogP contribution in [-0.4, -0.2) is 35.3 Å². The van der Waals surface area contributed by atoms with E-state index in [1.807, 2.05) is 10.9 Å². The number of nitrogens with zero attached hydrogens (tertiary/aromatic N) is 6. The van der Waals surface area contributed by atoms with E-state index in [2.05, 4.69) is 25.7 Å². The van der Waals surface area contributed by atoms with E-state index in [0.29, 0.717) is 17.4 Å². The third kappa shape index (κ3) is 2.35. The quantitative estimate of drug-likeness (QED) is 0.584. The van der Waals surface area contributed by atoms with Gasteiger partial charge < -0.3 is 0 Å². The first kappa shape index (κ1) is 13.6. The van der Waals surface area contributed by atoms with E-state index in [4.69, 9.17) is 0 Å². The van der Waals surface area contributed by atoms with E-state index >= 15 is 0 Å². The van der Waals surface area contributed by atoms with E-state index in [1.165, 1.54) is 18.6 Å². The van der Waals surface area contributed by atoms with Gasteiger partial charge in [-0.2, -0.15) is 10.3 Å². The van der Waals surface area contributed by atoms with E-state index in [-0.39, 0.29) is 5.69 Å². The Bertz CT molecular complexity index is 852. The van der Waals surface area contributed by atoms with Crippen molar-refractivity contribution < 1.29 is 4.92 Å². The lowest BCUT2D eigenvalue weighted by atomic mass is 9.93. The molecule has 0 unspecified atom stereocenters. The minimum atomic E-state index is -0.439.